The average molecular weight is 197 g/mol. The largest absolute Gasteiger partial charge is 0.288 e. The summed E-state index contributed by atoms with van der Waals surface area (Å²) in [6.07, 6.45) is 7.49. The molecule has 0 atom stereocenters. The van der Waals surface area contributed by atoms with Crippen molar-refractivity contribution in [2.45, 2.75) is 0 Å². The number of hydrogen-bond acceptors (Lipinski definition) is 1. The van der Waals surface area contributed by atoms with Gasteiger partial charge in [0.25, 0.3) is 5.91 Å². The summed E-state index contributed by atoms with van der Waals surface area (Å²) in [5.41, 5.74) is 0.645. The number of rotatable bonds is 1. The Morgan fingerprint density at radius 3 is 2.77 bits per heavy atom. The topological polar surface area (TPSA) is 33.3 Å². The molecule has 3 nitrogen and oxygen atoms in total. The lowest BCUT2D eigenvalue weighted by atomic mass is 10.3. The fraction of sp³-hybridized carbons (Fsp3) is 0.333. The van der Waals surface area contributed by atoms with Gasteiger partial charge in [-0.1, -0.05) is 10.7 Å². The molecule has 1 amide bonds. The van der Waals surface area contributed by atoms with Gasteiger partial charge in [0.1, 0.15) is 12.6 Å². The van der Waals surface area contributed by atoms with Crippen molar-refractivity contribution in [2.75, 3.05) is 12.5 Å². The summed E-state index contributed by atoms with van der Waals surface area (Å²) in [4.78, 5) is 11.4. The first-order valence-corrected chi connectivity index (χ1v) is 5.88. The molecule has 0 unspecified atom stereocenters. The molecule has 0 radical (unpaired) electrons. The van der Waals surface area contributed by atoms with Crippen molar-refractivity contribution < 1.29 is 9.36 Å². The molecule has 0 saturated heterocycles. The summed E-state index contributed by atoms with van der Waals surface area (Å²) in [6, 6.07) is 3.62. The van der Waals surface area contributed by atoms with Crippen LogP contribution in [0, 0.1) is 0 Å². The van der Waals surface area contributed by atoms with Crippen molar-refractivity contribution in [1.82, 2.24) is 0 Å². The third kappa shape index (κ3) is 3.06. The molecule has 4 heteroatoms. The maximum atomic E-state index is 11.4. The third-order valence-electron chi connectivity index (χ3n) is 1.45. The quantitative estimate of drug-likeness (QED) is 0.610. The Balaban J connectivity index is 2.96. The number of aryl methyl sites for hydroxylation is 1. The van der Waals surface area contributed by atoms with Gasteiger partial charge in [-0.05, 0) is 18.6 Å². The minimum Gasteiger partial charge on any atom is -0.266 e. The molecular weight excluding hydrogens is 184 g/mol. The van der Waals surface area contributed by atoms with E-state index in [1.54, 1.807) is 12.3 Å². The lowest BCUT2D eigenvalue weighted by molar-refractivity contribution is -0.671. The standard InChI is InChI=1S/C9H13N2OS/c1-11-6-4-5-8(7-11)9(12)10-13(2)3/h4-7H,1-3H3/q+1. The number of nitrogens with zero attached hydrogens (tertiary/aromatic N) is 2. The maximum absolute atomic E-state index is 11.4. The maximum Gasteiger partial charge on any atom is 0.288 e. The molecule has 0 N–H and O–H groups in total. The second-order valence-corrected chi connectivity index (χ2v) is 4.66. The van der Waals surface area contributed by atoms with Crippen LogP contribution in [0.5, 0.6) is 0 Å². The number of pyridine rings is 1. The average Bonchev–Trinajstić information content (AvgIpc) is 2.03. The molecular formula is C9H13N2OS+. The lowest BCUT2D eigenvalue weighted by Gasteiger charge is -1.93. The smallest absolute Gasteiger partial charge is 0.266 e. The van der Waals surface area contributed by atoms with Crippen LogP contribution in [-0.4, -0.2) is 18.4 Å². The Bertz CT molecular complexity index is 356. The fourth-order valence-corrected chi connectivity index (χ4v) is 1.37. The molecule has 0 aliphatic carbocycles. The van der Waals surface area contributed by atoms with E-state index in [2.05, 4.69) is 4.36 Å². The molecule has 0 aromatic carbocycles. The monoisotopic (exact) mass is 197 g/mol. The fourth-order valence-electron chi connectivity index (χ4n) is 0.933. The minimum absolute atomic E-state index is 0.135. The van der Waals surface area contributed by atoms with Gasteiger partial charge in [0, 0.05) is 6.07 Å². The predicted molar refractivity (Wildman–Crippen MR) is 53.6 cm³/mol. The van der Waals surface area contributed by atoms with Gasteiger partial charge in [0.15, 0.2) is 12.4 Å². The third-order valence-corrected chi connectivity index (χ3v) is 1.98. The highest BCUT2D eigenvalue weighted by Gasteiger charge is 2.06. The Hall–Kier alpha value is -1.03. The second kappa shape index (κ2) is 4.28. The van der Waals surface area contributed by atoms with Crippen LogP contribution in [0.15, 0.2) is 28.9 Å². The molecule has 0 fully saturated rings. The summed E-state index contributed by atoms with van der Waals surface area (Å²) >= 11 is 0. The molecule has 0 aliphatic heterocycles. The summed E-state index contributed by atoms with van der Waals surface area (Å²) in [5, 5.41) is 0. The Morgan fingerprint density at radius 2 is 2.23 bits per heavy atom. The van der Waals surface area contributed by atoms with E-state index in [-0.39, 0.29) is 16.6 Å². The van der Waals surface area contributed by atoms with Gasteiger partial charge in [0.2, 0.25) is 0 Å². The summed E-state index contributed by atoms with van der Waals surface area (Å²) in [5.74, 6) is -0.135. The van der Waals surface area contributed by atoms with Crippen molar-refractivity contribution in [1.29, 1.82) is 0 Å². The number of aromatic nitrogens is 1. The van der Waals surface area contributed by atoms with E-state index in [1.807, 2.05) is 36.4 Å². The minimum atomic E-state index is -0.187. The Labute approximate surface area is 80.5 Å². The van der Waals surface area contributed by atoms with Crippen LogP contribution < -0.4 is 4.57 Å². The Morgan fingerprint density at radius 1 is 1.54 bits per heavy atom. The normalized spacial score (nSPS) is 10.2. The number of carbonyl (C=O) groups excluding carboxylic acids is 1. The molecule has 70 valence electrons. The van der Waals surface area contributed by atoms with Crippen molar-refractivity contribution in [3.63, 3.8) is 0 Å². The predicted octanol–water partition coefficient (Wildman–Crippen LogP) is 0.713. The zero-order chi connectivity index (χ0) is 9.84. The lowest BCUT2D eigenvalue weighted by Crippen LogP contribution is -2.27. The first-order chi connectivity index (χ1) is 6.09. The first kappa shape index (κ1) is 10.1. The van der Waals surface area contributed by atoms with Gasteiger partial charge < -0.3 is 0 Å². The van der Waals surface area contributed by atoms with Crippen LogP contribution in [0.25, 0.3) is 0 Å². The van der Waals surface area contributed by atoms with Gasteiger partial charge in [-0.3, -0.25) is 4.79 Å². The summed E-state index contributed by atoms with van der Waals surface area (Å²) in [7, 11) is 1.70. The summed E-state index contributed by atoms with van der Waals surface area (Å²) in [6.45, 7) is 0. The molecule has 1 rings (SSSR count). The van der Waals surface area contributed by atoms with E-state index < -0.39 is 0 Å². The molecule has 0 aliphatic rings. The number of hydrogen-bond donors (Lipinski definition) is 0. The highest BCUT2D eigenvalue weighted by atomic mass is 32.2. The molecule has 1 aromatic heterocycles. The van der Waals surface area contributed by atoms with E-state index in [9.17, 15) is 4.79 Å². The Kier molecular flexibility index (Phi) is 3.31. The molecule has 1 aromatic rings. The van der Waals surface area contributed by atoms with E-state index in [0.29, 0.717) is 5.56 Å². The van der Waals surface area contributed by atoms with Crippen LogP contribution in [0.4, 0.5) is 0 Å². The van der Waals surface area contributed by atoms with Gasteiger partial charge in [0.05, 0.1) is 0 Å². The highest BCUT2D eigenvalue weighted by molar-refractivity contribution is 7.86. The molecule has 1 heterocycles. The number of carbonyl (C=O) groups is 1. The SMILES string of the molecule is C[n+]1cccc(C(=O)N=S(C)C)c1. The van der Waals surface area contributed by atoms with Crippen molar-refractivity contribution in [3.8, 4) is 0 Å². The van der Waals surface area contributed by atoms with E-state index in [4.69, 9.17) is 0 Å². The highest BCUT2D eigenvalue weighted by Crippen LogP contribution is 1.97. The molecule has 0 saturated carbocycles. The van der Waals surface area contributed by atoms with E-state index in [0.717, 1.165) is 0 Å². The van der Waals surface area contributed by atoms with Crippen molar-refractivity contribution in [2.24, 2.45) is 11.4 Å². The van der Waals surface area contributed by atoms with Crippen LogP contribution in [0.3, 0.4) is 0 Å². The van der Waals surface area contributed by atoms with Crippen molar-refractivity contribution >= 4 is 16.6 Å². The van der Waals surface area contributed by atoms with Crippen molar-refractivity contribution in [3.05, 3.63) is 30.1 Å². The van der Waals surface area contributed by atoms with Crippen LogP contribution >= 0.6 is 0 Å². The number of amides is 1. The van der Waals surface area contributed by atoms with Crippen LogP contribution in [0.2, 0.25) is 0 Å². The van der Waals surface area contributed by atoms with Crippen LogP contribution in [-0.2, 0) is 17.7 Å². The van der Waals surface area contributed by atoms with Crippen LogP contribution in [0.1, 0.15) is 10.4 Å². The van der Waals surface area contributed by atoms with Gasteiger partial charge in [-0.2, -0.15) is 4.36 Å². The molecule has 13 heavy (non-hydrogen) atoms. The van der Waals surface area contributed by atoms with E-state index >= 15 is 0 Å². The molecule has 0 bridgehead atoms. The van der Waals surface area contributed by atoms with Gasteiger partial charge in [-0.25, -0.2) is 4.57 Å². The van der Waals surface area contributed by atoms with Gasteiger partial charge >= 0.3 is 0 Å². The molecule has 0 spiro atoms. The zero-order valence-corrected chi connectivity index (χ0v) is 8.84. The van der Waals surface area contributed by atoms with E-state index in [1.165, 1.54) is 0 Å². The zero-order valence-electron chi connectivity index (χ0n) is 8.02. The summed E-state index contributed by atoms with van der Waals surface area (Å²) < 4.78 is 5.80. The van der Waals surface area contributed by atoms with Gasteiger partial charge in [-0.15, -0.1) is 0 Å². The first-order valence-electron chi connectivity index (χ1n) is 3.88. The second-order valence-electron chi connectivity index (χ2n) is 2.93.